The predicted octanol–water partition coefficient (Wildman–Crippen LogP) is 3.51. The fourth-order valence-corrected chi connectivity index (χ4v) is 2.29. The Bertz CT molecular complexity index is 525. The van der Waals surface area contributed by atoms with Gasteiger partial charge in [0.05, 0.1) is 5.52 Å². The number of hydrogen-bond donors (Lipinski definition) is 2. The minimum Gasteiger partial charge on any atom is -0.396 e. The lowest BCUT2D eigenvalue weighted by molar-refractivity contribution is 0.283. The Balaban J connectivity index is 1.95. The SMILES string of the molecule is Cc1cccc2c(NCCCCCCO)ccnc12. The molecular formula is C16H22N2O. The van der Waals surface area contributed by atoms with Crippen molar-refractivity contribution in [2.75, 3.05) is 18.5 Å². The van der Waals surface area contributed by atoms with Crippen molar-refractivity contribution in [2.45, 2.75) is 32.6 Å². The first-order valence-electron chi connectivity index (χ1n) is 7.02. The summed E-state index contributed by atoms with van der Waals surface area (Å²) in [7, 11) is 0. The molecule has 0 aliphatic rings. The molecule has 0 spiro atoms. The highest BCUT2D eigenvalue weighted by atomic mass is 16.2. The molecule has 0 saturated heterocycles. The third-order valence-electron chi connectivity index (χ3n) is 3.37. The number of anilines is 1. The average Bonchev–Trinajstić information content (AvgIpc) is 2.43. The normalized spacial score (nSPS) is 10.8. The molecule has 0 atom stereocenters. The van der Waals surface area contributed by atoms with Crippen molar-refractivity contribution < 1.29 is 5.11 Å². The van der Waals surface area contributed by atoms with Crippen LogP contribution in [0.1, 0.15) is 31.2 Å². The number of aliphatic hydroxyl groups is 1. The summed E-state index contributed by atoms with van der Waals surface area (Å²) in [5.41, 5.74) is 3.45. The molecular weight excluding hydrogens is 236 g/mol. The van der Waals surface area contributed by atoms with Gasteiger partial charge in [-0.3, -0.25) is 4.98 Å². The summed E-state index contributed by atoms with van der Waals surface area (Å²) in [5, 5.41) is 13.4. The van der Waals surface area contributed by atoms with Crippen molar-refractivity contribution in [3.63, 3.8) is 0 Å². The lowest BCUT2D eigenvalue weighted by Crippen LogP contribution is -2.02. The van der Waals surface area contributed by atoms with E-state index in [9.17, 15) is 0 Å². The molecule has 3 heteroatoms. The van der Waals surface area contributed by atoms with Gasteiger partial charge in [-0.05, 0) is 31.4 Å². The van der Waals surface area contributed by atoms with Crippen LogP contribution in [0.3, 0.4) is 0 Å². The maximum Gasteiger partial charge on any atom is 0.0751 e. The van der Waals surface area contributed by atoms with Crippen molar-refractivity contribution in [3.8, 4) is 0 Å². The second-order valence-electron chi connectivity index (χ2n) is 4.89. The lowest BCUT2D eigenvalue weighted by atomic mass is 10.1. The quantitative estimate of drug-likeness (QED) is 0.747. The van der Waals surface area contributed by atoms with Crippen molar-refractivity contribution >= 4 is 16.6 Å². The van der Waals surface area contributed by atoms with Gasteiger partial charge >= 0.3 is 0 Å². The molecule has 0 unspecified atom stereocenters. The number of rotatable bonds is 7. The molecule has 2 aromatic rings. The van der Waals surface area contributed by atoms with Crippen LogP contribution in [0.4, 0.5) is 5.69 Å². The summed E-state index contributed by atoms with van der Waals surface area (Å²) in [6.45, 7) is 3.37. The molecule has 3 nitrogen and oxygen atoms in total. The highest BCUT2D eigenvalue weighted by Crippen LogP contribution is 2.23. The number of pyridine rings is 1. The molecule has 0 saturated carbocycles. The second-order valence-corrected chi connectivity index (χ2v) is 4.89. The zero-order valence-electron chi connectivity index (χ0n) is 11.5. The molecule has 19 heavy (non-hydrogen) atoms. The molecule has 2 N–H and O–H groups in total. The van der Waals surface area contributed by atoms with E-state index >= 15 is 0 Å². The van der Waals surface area contributed by atoms with Crippen molar-refractivity contribution in [1.29, 1.82) is 0 Å². The van der Waals surface area contributed by atoms with Gasteiger partial charge in [-0.25, -0.2) is 0 Å². The van der Waals surface area contributed by atoms with Crippen molar-refractivity contribution in [1.82, 2.24) is 4.98 Å². The smallest absolute Gasteiger partial charge is 0.0751 e. The van der Waals surface area contributed by atoms with E-state index in [0.717, 1.165) is 43.4 Å². The molecule has 2 rings (SSSR count). The zero-order valence-corrected chi connectivity index (χ0v) is 11.5. The van der Waals surface area contributed by atoms with E-state index in [1.807, 2.05) is 12.3 Å². The van der Waals surface area contributed by atoms with Gasteiger partial charge in [-0.15, -0.1) is 0 Å². The van der Waals surface area contributed by atoms with Gasteiger partial charge in [0.25, 0.3) is 0 Å². The van der Waals surface area contributed by atoms with Gasteiger partial charge in [0.15, 0.2) is 0 Å². The standard InChI is InChI=1S/C16H22N2O/c1-13-7-6-8-14-15(9-11-18-16(13)14)17-10-4-2-3-5-12-19/h6-9,11,19H,2-5,10,12H2,1H3,(H,17,18). The Labute approximate surface area is 114 Å². The van der Waals surface area contributed by atoms with Gasteiger partial charge in [0.1, 0.15) is 0 Å². The second kappa shape index (κ2) is 7.10. The van der Waals surface area contributed by atoms with Gasteiger partial charge in [-0.2, -0.15) is 0 Å². The molecule has 0 fully saturated rings. The van der Waals surface area contributed by atoms with Gasteiger partial charge < -0.3 is 10.4 Å². The molecule has 0 radical (unpaired) electrons. The summed E-state index contributed by atoms with van der Waals surface area (Å²) in [4.78, 5) is 4.44. The maximum atomic E-state index is 8.72. The number of aryl methyl sites for hydroxylation is 1. The van der Waals surface area contributed by atoms with Gasteiger partial charge in [0, 0.05) is 30.4 Å². The lowest BCUT2D eigenvalue weighted by Gasteiger charge is -2.10. The summed E-state index contributed by atoms with van der Waals surface area (Å²) < 4.78 is 0. The topological polar surface area (TPSA) is 45.1 Å². The van der Waals surface area contributed by atoms with E-state index in [4.69, 9.17) is 5.11 Å². The number of aromatic nitrogens is 1. The van der Waals surface area contributed by atoms with E-state index in [1.54, 1.807) is 0 Å². The number of nitrogens with one attached hydrogen (secondary N) is 1. The van der Waals surface area contributed by atoms with Crippen LogP contribution in [0.2, 0.25) is 0 Å². The molecule has 1 aromatic heterocycles. The number of unbranched alkanes of at least 4 members (excludes halogenated alkanes) is 3. The van der Waals surface area contributed by atoms with Crippen LogP contribution in [-0.2, 0) is 0 Å². The third-order valence-corrected chi connectivity index (χ3v) is 3.37. The summed E-state index contributed by atoms with van der Waals surface area (Å²) >= 11 is 0. The summed E-state index contributed by atoms with van der Waals surface area (Å²) in [5.74, 6) is 0. The van der Waals surface area contributed by atoms with Crippen molar-refractivity contribution in [3.05, 3.63) is 36.0 Å². The van der Waals surface area contributed by atoms with Crippen LogP contribution in [0.5, 0.6) is 0 Å². The van der Waals surface area contributed by atoms with Crippen LogP contribution in [0.15, 0.2) is 30.5 Å². The Kier molecular flexibility index (Phi) is 5.16. The Morgan fingerprint density at radius 2 is 1.95 bits per heavy atom. The first kappa shape index (κ1) is 13.8. The van der Waals surface area contributed by atoms with Crippen LogP contribution < -0.4 is 5.32 Å². The molecule has 1 heterocycles. The Morgan fingerprint density at radius 1 is 1.11 bits per heavy atom. The fourth-order valence-electron chi connectivity index (χ4n) is 2.29. The number of para-hydroxylation sites is 1. The Morgan fingerprint density at radius 3 is 2.79 bits per heavy atom. The number of hydrogen-bond acceptors (Lipinski definition) is 3. The number of fused-ring (bicyclic) bond motifs is 1. The summed E-state index contributed by atoms with van der Waals surface area (Å²) in [6.07, 6.45) is 6.18. The van der Waals surface area contributed by atoms with E-state index in [1.165, 1.54) is 10.9 Å². The van der Waals surface area contributed by atoms with E-state index in [-0.39, 0.29) is 0 Å². The van der Waals surface area contributed by atoms with E-state index in [2.05, 4.69) is 35.4 Å². The van der Waals surface area contributed by atoms with Gasteiger partial charge in [0.2, 0.25) is 0 Å². The predicted molar refractivity (Wildman–Crippen MR) is 80.5 cm³/mol. The first-order chi connectivity index (χ1) is 9.33. The molecule has 0 amide bonds. The molecule has 1 aromatic carbocycles. The molecule has 102 valence electrons. The first-order valence-corrected chi connectivity index (χ1v) is 7.02. The van der Waals surface area contributed by atoms with Gasteiger partial charge in [-0.1, -0.05) is 31.0 Å². The minimum atomic E-state index is 0.307. The maximum absolute atomic E-state index is 8.72. The number of nitrogens with zero attached hydrogens (tertiary/aromatic N) is 1. The number of benzene rings is 1. The molecule has 0 aliphatic heterocycles. The van der Waals surface area contributed by atoms with E-state index < -0.39 is 0 Å². The fraction of sp³-hybridized carbons (Fsp3) is 0.438. The average molecular weight is 258 g/mol. The highest BCUT2D eigenvalue weighted by molar-refractivity contribution is 5.92. The largest absolute Gasteiger partial charge is 0.396 e. The molecule has 0 bridgehead atoms. The number of aliphatic hydroxyl groups excluding tert-OH is 1. The summed E-state index contributed by atoms with van der Waals surface area (Å²) in [6, 6.07) is 8.32. The minimum absolute atomic E-state index is 0.307. The van der Waals surface area contributed by atoms with Crippen molar-refractivity contribution in [2.24, 2.45) is 0 Å². The van der Waals surface area contributed by atoms with E-state index in [0.29, 0.717) is 6.61 Å². The van der Waals surface area contributed by atoms with Crippen LogP contribution in [-0.4, -0.2) is 23.2 Å². The van der Waals surface area contributed by atoms with Crippen LogP contribution in [0, 0.1) is 6.92 Å². The third kappa shape index (κ3) is 3.67. The Hall–Kier alpha value is -1.61. The van der Waals surface area contributed by atoms with Crippen LogP contribution >= 0.6 is 0 Å². The monoisotopic (exact) mass is 258 g/mol. The highest BCUT2D eigenvalue weighted by Gasteiger charge is 2.02. The zero-order chi connectivity index (χ0) is 13.5. The molecule has 0 aliphatic carbocycles. The van der Waals surface area contributed by atoms with Crippen LogP contribution in [0.25, 0.3) is 10.9 Å².